The monoisotopic (exact) mass is 368 g/mol. The number of fused-ring (bicyclic) bond motifs is 1. The highest BCUT2D eigenvalue weighted by Gasteiger charge is 2.14. The summed E-state index contributed by atoms with van der Waals surface area (Å²) in [6.07, 6.45) is 2.22. The Hall–Kier alpha value is -1.53. The average Bonchev–Trinajstić information content (AvgIpc) is 2.79. The molecule has 0 aliphatic rings. The fraction of sp³-hybridized carbons (Fsp3) is 0.214. The van der Waals surface area contributed by atoms with Crippen LogP contribution in [-0.4, -0.2) is 25.6 Å². The van der Waals surface area contributed by atoms with Crippen LogP contribution in [0.5, 0.6) is 0 Å². The number of aromatic nitrogens is 4. The minimum atomic E-state index is -0.319. The van der Waals surface area contributed by atoms with Crippen LogP contribution in [0.15, 0.2) is 34.9 Å². The van der Waals surface area contributed by atoms with Crippen molar-refractivity contribution >= 4 is 38.6 Å². The zero-order valence-corrected chi connectivity index (χ0v) is 13.3. The maximum absolute atomic E-state index is 13.8. The predicted molar refractivity (Wildman–Crippen MR) is 82.9 cm³/mol. The van der Waals surface area contributed by atoms with Gasteiger partial charge in [0.2, 0.25) is 0 Å². The molecule has 0 radical (unpaired) electrons. The second kappa shape index (κ2) is 6.07. The molecule has 0 N–H and O–H groups in total. The van der Waals surface area contributed by atoms with Crippen LogP contribution in [-0.2, 0) is 13.0 Å². The summed E-state index contributed by atoms with van der Waals surface area (Å²) >= 11 is 9.02. The third kappa shape index (κ3) is 2.91. The number of imidazole rings is 1. The van der Waals surface area contributed by atoms with Crippen LogP contribution in [0, 0.1) is 5.82 Å². The van der Waals surface area contributed by atoms with Crippen LogP contribution < -0.4 is 0 Å². The van der Waals surface area contributed by atoms with Crippen LogP contribution >= 0.6 is 27.5 Å². The Morgan fingerprint density at radius 3 is 2.90 bits per heavy atom. The van der Waals surface area contributed by atoms with Gasteiger partial charge in [-0.2, -0.15) is 10.2 Å². The molecule has 3 aromatic rings. The van der Waals surface area contributed by atoms with Crippen LogP contribution in [0.3, 0.4) is 0 Å². The van der Waals surface area contributed by atoms with Gasteiger partial charge >= 0.3 is 0 Å². The molecule has 0 fully saturated rings. The van der Waals surface area contributed by atoms with Gasteiger partial charge in [-0.05, 0) is 34.1 Å². The van der Waals surface area contributed by atoms with Crippen molar-refractivity contribution in [1.82, 2.24) is 19.7 Å². The Morgan fingerprint density at radius 2 is 2.19 bits per heavy atom. The molecule has 2 heterocycles. The Labute approximate surface area is 134 Å². The Kier molecular flexibility index (Phi) is 4.17. The number of hydrogen-bond acceptors (Lipinski definition) is 3. The van der Waals surface area contributed by atoms with Crippen LogP contribution in [0.2, 0.25) is 0 Å². The molecule has 7 heteroatoms. The van der Waals surface area contributed by atoms with Crippen molar-refractivity contribution in [1.29, 1.82) is 0 Å². The molecule has 0 spiro atoms. The highest BCUT2D eigenvalue weighted by atomic mass is 79.9. The second-order valence-electron chi connectivity index (χ2n) is 4.52. The van der Waals surface area contributed by atoms with Gasteiger partial charge in [0.25, 0.3) is 0 Å². The largest absolute Gasteiger partial charge is 0.322 e. The first-order chi connectivity index (χ1) is 10.2. The molecule has 4 nitrogen and oxygen atoms in total. The first kappa shape index (κ1) is 14.4. The van der Waals surface area contributed by atoms with Gasteiger partial charge in [0, 0.05) is 24.6 Å². The molecule has 0 bridgehead atoms. The van der Waals surface area contributed by atoms with E-state index >= 15 is 0 Å². The molecule has 0 saturated heterocycles. The minimum Gasteiger partial charge on any atom is -0.322 e. The number of halogens is 3. The Balaban J connectivity index is 2.13. The van der Waals surface area contributed by atoms with E-state index in [0.29, 0.717) is 23.3 Å². The van der Waals surface area contributed by atoms with E-state index in [1.807, 2.05) is 16.7 Å². The van der Waals surface area contributed by atoms with Crippen LogP contribution in [0.1, 0.15) is 11.5 Å². The summed E-state index contributed by atoms with van der Waals surface area (Å²) in [7, 11) is 0. The van der Waals surface area contributed by atoms with E-state index in [1.165, 1.54) is 6.07 Å². The van der Waals surface area contributed by atoms with E-state index in [9.17, 15) is 4.39 Å². The lowest BCUT2D eigenvalue weighted by Crippen LogP contribution is -2.07. The van der Waals surface area contributed by atoms with E-state index in [1.54, 1.807) is 12.3 Å². The van der Waals surface area contributed by atoms with Crippen molar-refractivity contribution in [3.8, 4) is 0 Å². The molecule has 1 aromatic carbocycles. The first-order valence-corrected chi connectivity index (χ1v) is 7.68. The number of alkyl halides is 1. The smallest absolute Gasteiger partial charge is 0.139 e. The summed E-state index contributed by atoms with van der Waals surface area (Å²) < 4.78 is 16.1. The maximum atomic E-state index is 13.8. The van der Waals surface area contributed by atoms with Crippen LogP contribution in [0.25, 0.3) is 11.0 Å². The van der Waals surface area contributed by atoms with E-state index in [2.05, 4.69) is 31.1 Å². The van der Waals surface area contributed by atoms with Gasteiger partial charge in [-0.25, -0.2) is 9.37 Å². The van der Waals surface area contributed by atoms with Crippen LogP contribution in [0.4, 0.5) is 4.39 Å². The number of benzene rings is 1. The number of hydrogen-bond donors (Lipinski definition) is 0. The Bertz CT molecular complexity index is 775. The predicted octanol–water partition coefficient (Wildman–Crippen LogP) is 3.56. The fourth-order valence-electron chi connectivity index (χ4n) is 2.20. The van der Waals surface area contributed by atoms with Crippen molar-refractivity contribution in [3.05, 3.63) is 52.3 Å². The summed E-state index contributed by atoms with van der Waals surface area (Å²) in [4.78, 5) is 4.53. The highest BCUT2D eigenvalue weighted by Crippen LogP contribution is 2.25. The molecule has 2 aromatic heterocycles. The van der Waals surface area contributed by atoms with Gasteiger partial charge in [0.05, 0.1) is 27.7 Å². The first-order valence-electron chi connectivity index (χ1n) is 6.35. The molecular weight excluding hydrogens is 359 g/mol. The summed E-state index contributed by atoms with van der Waals surface area (Å²) in [5, 5.41) is 7.93. The molecule has 0 saturated carbocycles. The third-order valence-corrected chi connectivity index (χ3v) is 3.93. The van der Waals surface area contributed by atoms with Crippen molar-refractivity contribution in [3.63, 3.8) is 0 Å². The molecular formula is C14H11BrClFN4. The number of nitrogens with zero attached hydrogens (tertiary/aromatic N) is 4. The normalized spacial score (nSPS) is 11.2. The topological polar surface area (TPSA) is 43.6 Å². The molecule has 0 aliphatic heterocycles. The lowest BCUT2D eigenvalue weighted by atomic mass is 10.3. The molecule has 3 rings (SSSR count). The standard InChI is InChI=1S/C14H11BrClFN4/c15-10-6-12-13(7-11(10)17)21(14(19-12)3-4-16)8-9-2-1-5-18-20-9/h1-2,5-7H,3-4,8H2. The summed E-state index contributed by atoms with van der Waals surface area (Å²) in [5.74, 6) is 0.941. The molecule has 0 aliphatic carbocycles. The fourth-order valence-corrected chi connectivity index (χ4v) is 2.70. The Morgan fingerprint density at radius 1 is 1.33 bits per heavy atom. The highest BCUT2D eigenvalue weighted by molar-refractivity contribution is 9.10. The quantitative estimate of drug-likeness (QED) is 0.661. The van der Waals surface area contributed by atoms with Gasteiger partial charge in [-0.1, -0.05) is 0 Å². The van der Waals surface area contributed by atoms with E-state index in [0.717, 1.165) is 22.6 Å². The summed E-state index contributed by atoms with van der Waals surface area (Å²) in [6, 6.07) is 6.84. The lowest BCUT2D eigenvalue weighted by molar-refractivity contribution is 0.621. The second-order valence-corrected chi connectivity index (χ2v) is 5.76. The van der Waals surface area contributed by atoms with Crippen molar-refractivity contribution in [2.45, 2.75) is 13.0 Å². The average molecular weight is 370 g/mol. The molecule has 0 unspecified atom stereocenters. The van der Waals surface area contributed by atoms with E-state index in [-0.39, 0.29) is 5.82 Å². The van der Waals surface area contributed by atoms with Gasteiger partial charge in [0.15, 0.2) is 0 Å². The summed E-state index contributed by atoms with van der Waals surface area (Å²) in [6.45, 7) is 0.484. The maximum Gasteiger partial charge on any atom is 0.139 e. The molecule has 0 amide bonds. The molecule has 0 atom stereocenters. The SMILES string of the molecule is Fc1cc2c(cc1Br)nc(CCCl)n2Cc1cccnn1. The van der Waals surface area contributed by atoms with Gasteiger partial charge in [-0.3, -0.25) is 0 Å². The summed E-state index contributed by atoms with van der Waals surface area (Å²) in [5.41, 5.74) is 2.24. The van der Waals surface area contributed by atoms with E-state index < -0.39 is 0 Å². The van der Waals surface area contributed by atoms with Gasteiger partial charge < -0.3 is 4.57 Å². The van der Waals surface area contributed by atoms with Crippen molar-refractivity contribution in [2.75, 3.05) is 5.88 Å². The third-order valence-electron chi connectivity index (χ3n) is 3.14. The molecule has 21 heavy (non-hydrogen) atoms. The number of aryl methyl sites for hydroxylation is 1. The number of rotatable bonds is 4. The lowest BCUT2D eigenvalue weighted by Gasteiger charge is -2.07. The van der Waals surface area contributed by atoms with E-state index in [4.69, 9.17) is 11.6 Å². The molecule has 108 valence electrons. The zero-order valence-electron chi connectivity index (χ0n) is 10.9. The van der Waals surface area contributed by atoms with Crippen molar-refractivity contribution < 1.29 is 4.39 Å². The van der Waals surface area contributed by atoms with Gasteiger partial charge in [0.1, 0.15) is 11.6 Å². The zero-order chi connectivity index (χ0) is 14.8. The van der Waals surface area contributed by atoms with Crippen molar-refractivity contribution in [2.24, 2.45) is 0 Å². The van der Waals surface area contributed by atoms with Gasteiger partial charge in [-0.15, -0.1) is 11.6 Å². The minimum absolute atomic E-state index is 0.319.